The summed E-state index contributed by atoms with van der Waals surface area (Å²) < 4.78 is 5.22. The van der Waals surface area contributed by atoms with Crippen LogP contribution in [-0.4, -0.2) is 13.0 Å². The van der Waals surface area contributed by atoms with Crippen LogP contribution < -0.4 is 10.1 Å². The average molecular weight is 302 g/mol. The largest absolute Gasteiger partial charge is 0.496 e. The molecule has 0 radical (unpaired) electrons. The quantitative estimate of drug-likeness (QED) is 0.856. The van der Waals surface area contributed by atoms with Gasteiger partial charge in [0.05, 0.1) is 7.11 Å². The van der Waals surface area contributed by atoms with Crippen molar-refractivity contribution in [1.29, 1.82) is 0 Å². The van der Waals surface area contributed by atoms with Crippen molar-refractivity contribution in [3.05, 3.63) is 70.8 Å². The second-order valence-corrected chi connectivity index (χ2v) is 4.86. The fraction of sp³-hybridized carbons (Fsp3) is 0.118. The van der Waals surface area contributed by atoms with Gasteiger partial charge in [-0.15, -0.1) is 0 Å². The van der Waals surface area contributed by atoms with E-state index in [-0.39, 0.29) is 5.91 Å². The third kappa shape index (κ3) is 4.65. The van der Waals surface area contributed by atoms with Crippen LogP contribution in [0.25, 0.3) is 6.08 Å². The maximum absolute atomic E-state index is 11.8. The van der Waals surface area contributed by atoms with Gasteiger partial charge < -0.3 is 10.1 Å². The molecule has 2 rings (SSSR count). The lowest BCUT2D eigenvalue weighted by Crippen LogP contribution is -2.20. The molecule has 2 aromatic rings. The molecule has 0 spiro atoms. The number of hydrogen-bond acceptors (Lipinski definition) is 2. The molecule has 1 N–H and O–H groups in total. The summed E-state index contributed by atoms with van der Waals surface area (Å²) in [6, 6.07) is 14.9. The maximum atomic E-state index is 11.8. The Morgan fingerprint density at radius 1 is 1.24 bits per heavy atom. The van der Waals surface area contributed by atoms with Gasteiger partial charge in [0.15, 0.2) is 0 Å². The van der Waals surface area contributed by atoms with Crippen LogP contribution in [0, 0.1) is 0 Å². The highest BCUT2D eigenvalue weighted by atomic mass is 35.5. The Balaban J connectivity index is 1.94. The number of methoxy groups -OCH3 is 1. The summed E-state index contributed by atoms with van der Waals surface area (Å²) in [5.74, 6) is 0.567. The molecule has 3 nitrogen and oxygen atoms in total. The molecule has 0 atom stereocenters. The summed E-state index contributed by atoms with van der Waals surface area (Å²) in [5, 5.41) is 3.47. The lowest BCUT2D eigenvalue weighted by molar-refractivity contribution is -0.116. The van der Waals surface area contributed by atoms with Gasteiger partial charge in [0.25, 0.3) is 0 Å². The van der Waals surface area contributed by atoms with E-state index in [1.54, 1.807) is 19.3 Å². The maximum Gasteiger partial charge on any atom is 0.244 e. The molecule has 4 heteroatoms. The Bertz CT molecular complexity index is 653. The third-order valence-electron chi connectivity index (χ3n) is 2.91. The van der Waals surface area contributed by atoms with Crippen LogP contribution in [0.5, 0.6) is 5.75 Å². The number of carbonyl (C=O) groups excluding carboxylic acids is 1. The molecule has 0 aliphatic heterocycles. The molecule has 0 aliphatic rings. The van der Waals surface area contributed by atoms with Crippen molar-refractivity contribution in [2.45, 2.75) is 6.54 Å². The summed E-state index contributed by atoms with van der Waals surface area (Å²) in [5.41, 5.74) is 1.82. The van der Waals surface area contributed by atoms with Gasteiger partial charge in [0.2, 0.25) is 5.91 Å². The Morgan fingerprint density at radius 2 is 2.05 bits per heavy atom. The van der Waals surface area contributed by atoms with Crippen molar-refractivity contribution in [3.8, 4) is 5.75 Å². The average Bonchev–Trinajstić information content (AvgIpc) is 2.51. The molecule has 2 aromatic carbocycles. The van der Waals surface area contributed by atoms with E-state index in [2.05, 4.69) is 5.32 Å². The van der Waals surface area contributed by atoms with E-state index in [1.165, 1.54) is 6.08 Å². The first kappa shape index (κ1) is 15.1. The van der Waals surface area contributed by atoms with Crippen molar-refractivity contribution in [3.63, 3.8) is 0 Å². The van der Waals surface area contributed by atoms with E-state index in [9.17, 15) is 4.79 Å². The summed E-state index contributed by atoms with van der Waals surface area (Å²) >= 11 is 5.89. The fourth-order valence-corrected chi connectivity index (χ4v) is 2.08. The highest BCUT2D eigenvalue weighted by molar-refractivity contribution is 6.30. The van der Waals surface area contributed by atoms with Gasteiger partial charge in [0, 0.05) is 23.2 Å². The lowest BCUT2D eigenvalue weighted by Gasteiger charge is -2.04. The number of para-hydroxylation sites is 1. The molecule has 0 fully saturated rings. The molecule has 0 aromatic heterocycles. The number of nitrogens with one attached hydrogen (secondary N) is 1. The number of carbonyl (C=O) groups is 1. The second-order valence-electron chi connectivity index (χ2n) is 4.42. The molecule has 0 bridgehead atoms. The van der Waals surface area contributed by atoms with Crippen LogP contribution in [0.3, 0.4) is 0 Å². The minimum absolute atomic E-state index is 0.166. The van der Waals surface area contributed by atoms with Crippen molar-refractivity contribution < 1.29 is 9.53 Å². The fourth-order valence-electron chi connectivity index (χ4n) is 1.86. The van der Waals surface area contributed by atoms with Crippen molar-refractivity contribution in [2.75, 3.05) is 7.11 Å². The Labute approximate surface area is 129 Å². The van der Waals surface area contributed by atoms with Gasteiger partial charge in [-0.3, -0.25) is 4.79 Å². The zero-order valence-corrected chi connectivity index (χ0v) is 12.4. The van der Waals surface area contributed by atoms with E-state index in [0.717, 1.165) is 16.9 Å². The molecule has 1 amide bonds. The molecule has 0 aliphatic carbocycles. The van der Waals surface area contributed by atoms with Crippen molar-refractivity contribution >= 4 is 23.6 Å². The van der Waals surface area contributed by atoms with Crippen molar-refractivity contribution in [1.82, 2.24) is 5.32 Å². The Morgan fingerprint density at radius 3 is 2.81 bits per heavy atom. The summed E-state index contributed by atoms with van der Waals surface area (Å²) in [6.07, 6.45) is 3.22. The molecule has 21 heavy (non-hydrogen) atoms. The number of hydrogen-bond donors (Lipinski definition) is 1. The van der Waals surface area contributed by atoms with Crippen LogP contribution in [0.2, 0.25) is 5.02 Å². The minimum atomic E-state index is -0.166. The van der Waals surface area contributed by atoms with Crippen LogP contribution in [0.1, 0.15) is 11.1 Å². The van der Waals surface area contributed by atoms with Crippen LogP contribution in [0.15, 0.2) is 54.6 Å². The zero-order chi connectivity index (χ0) is 15.1. The predicted molar refractivity (Wildman–Crippen MR) is 85.3 cm³/mol. The first-order chi connectivity index (χ1) is 10.2. The molecule has 0 heterocycles. The molecule has 108 valence electrons. The summed E-state index contributed by atoms with van der Waals surface area (Å²) in [7, 11) is 1.60. The van der Waals surface area contributed by atoms with Gasteiger partial charge in [-0.25, -0.2) is 0 Å². The monoisotopic (exact) mass is 301 g/mol. The smallest absolute Gasteiger partial charge is 0.244 e. The second kappa shape index (κ2) is 7.50. The standard InChI is InChI=1S/C17H16ClNO2/c1-21-16-8-3-2-6-14(16)9-10-17(20)19-12-13-5-4-7-15(18)11-13/h2-11H,12H2,1H3,(H,19,20). The van der Waals surface area contributed by atoms with E-state index < -0.39 is 0 Å². The third-order valence-corrected chi connectivity index (χ3v) is 3.14. The minimum Gasteiger partial charge on any atom is -0.496 e. The highest BCUT2D eigenvalue weighted by Crippen LogP contribution is 2.18. The molecule has 0 saturated heterocycles. The van der Waals surface area contributed by atoms with E-state index in [4.69, 9.17) is 16.3 Å². The molecular formula is C17H16ClNO2. The Kier molecular flexibility index (Phi) is 5.41. The summed E-state index contributed by atoms with van der Waals surface area (Å²) in [6.45, 7) is 0.440. The van der Waals surface area contributed by atoms with Gasteiger partial charge in [0.1, 0.15) is 5.75 Å². The predicted octanol–water partition coefficient (Wildman–Crippen LogP) is 3.68. The highest BCUT2D eigenvalue weighted by Gasteiger charge is 2.00. The number of ether oxygens (including phenoxy) is 1. The number of amides is 1. The Hall–Kier alpha value is -2.26. The number of benzene rings is 2. The first-order valence-corrected chi connectivity index (χ1v) is 6.90. The first-order valence-electron chi connectivity index (χ1n) is 6.52. The number of halogens is 1. The molecular weight excluding hydrogens is 286 g/mol. The van der Waals surface area contributed by atoms with E-state index >= 15 is 0 Å². The lowest BCUT2D eigenvalue weighted by atomic mass is 10.2. The summed E-state index contributed by atoms with van der Waals surface area (Å²) in [4.78, 5) is 11.8. The molecule has 0 saturated carbocycles. The van der Waals surface area contributed by atoms with Gasteiger partial charge in [-0.1, -0.05) is 41.9 Å². The van der Waals surface area contributed by atoms with Gasteiger partial charge in [-0.2, -0.15) is 0 Å². The van der Waals surface area contributed by atoms with Crippen molar-refractivity contribution in [2.24, 2.45) is 0 Å². The number of rotatable bonds is 5. The van der Waals surface area contributed by atoms with Crippen LogP contribution in [0.4, 0.5) is 0 Å². The van der Waals surface area contributed by atoms with E-state index in [0.29, 0.717) is 11.6 Å². The van der Waals surface area contributed by atoms with E-state index in [1.807, 2.05) is 42.5 Å². The molecule has 0 unspecified atom stereocenters. The van der Waals surface area contributed by atoms with Crippen LogP contribution in [-0.2, 0) is 11.3 Å². The topological polar surface area (TPSA) is 38.3 Å². The van der Waals surface area contributed by atoms with Crippen LogP contribution >= 0.6 is 11.6 Å². The van der Waals surface area contributed by atoms with Gasteiger partial charge in [-0.05, 0) is 29.8 Å². The van der Waals surface area contributed by atoms with Gasteiger partial charge >= 0.3 is 0 Å². The normalized spacial score (nSPS) is 10.6. The SMILES string of the molecule is COc1ccccc1C=CC(=O)NCc1cccc(Cl)c1. The zero-order valence-electron chi connectivity index (χ0n) is 11.7.